The highest BCUT2D eigenvalue weighted by Crippen LogP contribution is 2.55. The van der Waals surface area contributed by atoms with Crippen LogP contribution in [-0.2, 0) is 5.41 Å². The maximum absolute atomic E-state index is 5.03. The normalized spacial score (nSPS) is 13.1. The van der Waals surface area contributed by atoms with E-state index in [1.165, 1.54) is 43.7 Å². The van der Waals surface area contributed by atoms with E-state index in [9.17, 15) is 0 Å². The Morgan fingerprint density at radius 2 is 0.895 bits per heavy atom. The molecular weight excluding hydrogens is 695 g/mol. The van der Waals surface area contributed by atoms with Crippen molar-refractivity contribution in [2.24, 2.45) is 0 Å². The molecule has 5 heterocycles. The van der Waals surface area contributed by atoms with Gasteiger partial charge in [0.1, 0.15) is 5.41 Å². The molecule has 0 bridgehead atoms. The van der Waals surface area contributed by atoms with Crippen molar-refractivity contribution in [2.75, 3.05) is 0 Å². The highest BCUT2D eigenvalue weighted by molar-refractivity contribution is 6.12. The summed E-state index contributed by atoms with van der Waals surface area (Å²) in [5.41, 5.74) is 14.8. The molecule has 5 heteroatoms. The van der Waals surface area contributed by atoms with Crippen molar-refractivity contribution < 1.29 is 0 Å². The number of fused-ring (bicyclic) bond motifs is 9. The molecule has 0 N–H and O–H groups in total. The van der Waals surface area contributed by atoms with Gasteiger partial charge in [0.25, 0.3) is 0 Å². The second-order valence-corrected chi connectivity index (χ2v) is 14.8. The summed E-state index contributed by atoms with van der Waals surface area (Å²) in [5, 5.41) is 4.92. The van der Waals surface area contributed by atoms with Gasteiger partial charge in [-0.25, -0.2) is 0 Å². The molecule has 0 saturated heterocycles. The van der Waals surface area contributed by atoms with Crippen LogP contribution in [-0.4, -0.2) is 24.1 Å². The average molecular weight is 728 g/mol. The zero-order valence-corrected chi connectivity index (χ0v) is 30.8. The van der Waals surface area contributed by atoms with Gasteiger partial charge in [-0.2, -0.15) is 0 Å². The third-order valence-electron chi connectivity index (χ3n) is 11.9. The van der Waals surface area contributed by atoms with E-state index < -0.39 is 5.41 Å². The molecule has 6 aromatic carbocycles. The largest absolute Gasteiger partial charge is 0.309 e. The predicted octanol–water partition coefficient (Wildman–Crippen LogP) is 12.1. The van der Waals surface area contributed by atoms with Crippen LogP contribution in [0, 0.1) is 0 Å². The molecule has 0 amide bonds. The molecule has 266 valence electrons. The SMILES string of the molecule is c1ccc(-n2c3ccccc3c3cc(-c4ccc5c(c4)c4ccccc4n5-c4ccc5c(c4)-c4ncccc4C5(c4ccccn4)c4ccccn4)ccc32)cc1. The summed E-state index contributed by atoms with van der Waals surface area (Å²) < 4.78 is 4.77. The fourth-order valence-electron chi connectivity index (χ4n) is 9.55. The molecular formula is C52H33N5. The van der Waals surface area contributed by atoms with Crippen molar-refractivity contribution in [3.05, 3.63) is 223 Å². The fourth-order valence-corrected chi connectivity index (χ4v) is 9.55. The van der Waals surface area contributed by atoms with Gasteiger partial charge in [0.05, 0.1) is 39.1 Å². The Labute approximate surface area is 328 Å². The summed E-state index contributed by atoms with van der Waals surface area (Å²) in [6, 6.07) is 65.2. The lowest BCUT2D eigenvalue weighted by molar-refractivity contribution is 0.704. The van der Waals surface area contributed by atoms with Crippen molar-refractivity contribution in [1.29, 1.82) is 0 Å². The Morgan fingerprint density at radius 3 is 1.51 bits per heavy atom. The molecule has 11 aromatic rings. The van der Waals surface area contributed by atoms with Crippen LogP contribution in [0.15, 0.2) is 201 Å². The summed E-state index contributed by atoms with van der Waals surface area (Å²) >= 11 is 0. The van der Waals surface area contributed by atoms with Gasteiger partial charge >= 0.3 is 0 Å². The lowest BCUT2D eigenvalue weighted by Gasteiger charge is -2.31. The molecule has 5 nitrogen and oxygen atoms in total. The number of benzene rings is 6. The minimum absolute atomic E-state index is 0.704. The molecule has 12 rings (SSSR count). The van der Waals surface area contributed by atoms with Crippen LogP contribution >= 0.6 is 0 Å². The molecule has 0 aliphatic heterocycles. The smallest absolute Gasteiger partial charge is 0.107 e. The van der Waals surface area contributed by atoms with Gasteiger partial charge in [0.15, 0.2) is 0 Å². The van der Waals surface area contributed by atoms with Crippen LogP contribution in [0.3, 0.4) is 0 Å². The molecule has 57 heavy (non-hydrogen) atoms. The van der Waals surface area contributed by atoms with Crippen LogP contribution < -0.4 is 0 Å². The second kappa shape index (κ2) is 12.2. The molecule has 0 fully saturated rings. The molecule has 0 atom stereocenters. The van der Waals surface area contributed by atoms with Gasteiger partial charge in [-0.05, 0) is 108 Å². The number of nitrogens with zero attached hydrogens (tertiary/aromatic N) is 5. The maximum atomic E-state index is 5.03. The van der Waals surface area contributed by atoms with Gasteiger partial charge < -0.3 is 9.13 Å². The highest BCUT2D eigenvalue weighted by Gasteiger charge is 2.49. The van der Waals surface area contributed by atoms with Crippen molar-refractivity contribution in [1.82, 2.24) is 24.1 Å². The number of hydrogen-bond acceptors (Lipinski definition) is 3. The lowest BCUT2D eigenvalue weighted by Crippen LogP contribution is -2.30. The summed E-state index contributed by atoms with van der Waals surface area (Å²) in [5.74, 6) is 0. The van der Waals surface area contributed by atoms with Crippen LogP contribution in [0.5, 0.6) is 0 Å². The van der Waals surface area contributed by atoms with Crippen LogP contribution in [0.2, 0.25) is 0 Å². The van der Waals surface area contributed by atoms with E-state index >= 15 is 0 Å². The van der Waals surface area contributed by atoms with Crippen molar-refractivity contribution in [3.8, 4) is 33.8 Å². The first-order valence-corrected chi connectivity index (χ1v) is 19.3. The monoisotopic (exact) mass is 727 g/mol. The van der Waals surface area contributed by atoms with E-state index in [1.807, 2.05) is 36.8 Å². The molecule has 0 unspecified atom stereocenters. The van der Waals surface area contributed by atoms with Gasteiger partial charge in [-0.15, -0.1) is 0 Å². The number of para-hydroxylation sites is 3. The molecule has 1 aliphatic rings. The van der Waals surface area contributed by atoms with Gasteiger partial charge in [0, 0.05) is 62.6 Å². The van der Waals surface area contributed by atoms with E-state index in [0.29, 0.717) is 0 Å². The second-order valence-electron chi connectivity index (χ2n) is 14.8. The lowest BCUT2D eigenvalue weighted by atomic mass is 9.72. The minimum Gasteiger partial charge on any atom is -0.309 e. The topological polar surface area (TPSA) is 48.5 Å². The van der Waals surface area contributed by atoms with E-state index in [2.05, 4.69) is 173 Å². The Kier molecular flexibility index (Phi) is 6.78. The van der Waals surface area contributed by atoms with E-state index in [1.54, 1.807) is 0 Å². The Hall–Kier alpha value is -7.63. The first kappa shape index (κ1) is 31.7. The van der Waals surface area contributed by atoms with Crippen molar-refractivity contribution in [2.45, 2.75) is 5.41 Å². The Bertz CT molecular complexity index is 3310. The standard InChI is InChI=1S/C52H33N5/c1-2-13-36(14-3-1)56-45-18-6-4-15-38(45)40-31-34(22-26-47(40)56)35-23-27-48-41(32-35)39-16-5-7-19-46(39)57(48)37-24-25-43-42(33-37)51-44(17-12-30-55-51)52(43,49-20-8-10-28-53-49)50-21-9-11-29-54-50/h1-33H. The van der Waals surface area contributed by atoms with E-state index in [4.69, 9.17) is 15.0 Å². The van der Waals surface area contributed by atoms with E-state index in [-0.39, 0.29) is 0 Å². The van der Waals surface area contributed by atoms with Gasteiger partial charge in [-0.3, -0.25) is 15.0 Å². The van der Waals surface area contributed by atoms with Crippen molar-refractivity contribution >= 4 is 43.6 Å². The van der Waals surface area contributed by atoms with Gasteiger partial charge in [0.2, 0.25) is 0 Å². The van der Waals surface area contributed by atoms with Gasteiger partial charge in [-0.1, -0.05) is 91.0 Å². The number of pyridine rings is 3. The third-order valence-corrected chi connectivity index (χ3v) is 11.9. The summed E-state index contributed by atoms with van der Waals surface area (Å²) in [6.07, 6.45) is 5.63. The summed E-state index contributed by atoms with van der Waals surface area (Å²) in [4.78, 5) is 15.0. The highest BCUT2D eigenvalue weighted by atomic mass is 15.0. The molecule has 0 saturated carbocycles. The number of rotatable bonds is 5. The number of hydrogen-bond donors (Lipinski definition) is 0. The fraction of sp³-hybridized carbons (Fsp3) is 0.0192. The number of aromatic nitrogens is 5. The Balaban J connectivity index is 1.04. The molecule has 0 radical (unpaired) electrons. The third kappa shape index (κ3) is 4.48. The molecule has 0 spiro atoms. The zero-order valence-electron chi connectivity index (χ0n) is 30.8. The first-order valence-electron chi connectivity index (χ1n) is 19.3. The summed E-state index contributed by atoms with van der Waals surface area (Å²) in [7, 11) is 0. The molecule has 1 aliphatic carbocycles. The van der Waals surface area contributed by atoms with E-state index in [0.717, 1.165) is 56.2 Å². The first-order chi connectivity index (χ1) is 28.3. The van der Waals surface area contributed by atoms with Crippen molar-refractivity contribution in [3.63, 3.8) is 0 Å². The average Bonchev–Trinajstić information content (AvgIpc) is 3.91. The summed E-state index contributed by atoms with van der Waals surface area (Å²) in [6.45, 7) is 0. The zero-order chi connectivity index (χ0) is 37.5. The van der Waals surface area contributed by atoms with Crippen LogP contribution in [0.25, 0.3) is 77.4 Å². The maximum Gasteiger partial charge on any atom is 0.107 e. The minimum atomic E-state index is -0.704. The quantitative estimate of drug-likeness (QED) is 0.177. The predicted molar refractivity (Wildman–Crippen MR) is 231 cm³/mol. The van der Waals surface area contributed by atoms with Crippen LogP contribution in [0.4, 0.5) is 0 Å². The van der Waals surface area contributed by atoms with Crippen LogP contribution in [0.1, 0.15) is 22.5 Å². The Morgan fingerprint density at radius 1 is 0.351 bits per heavy atom. The molecule has 5 aromatic heterocycles.